The topological polar surface area (TPSA) is 88.8 Å². The van der Waals surface area contributed by atoms with E-state index in [0.29, 0.717) is 11.5 Å². The van der Waals surface area contributed by atoms with Crippen molar-refractivity contribution < 1.29 is 4.79 Å². The summed E-state index contributed by atoms with van der Waals surface area (Å²) in [4.78, 5) is 31.9. The number of rotatable bonds is 5. The SMILES string of the molecule is Cn1ccnc1CN1CCC[C@@H]1c1cccc(C(=O)Nc2cnccn2)n1. The summed E-state index contributed by atoms with van der Waals surface area (Å²) in [5, 5.41) is 2.73. The molecule has 0 saturated carbocycles. The van der Waals surface area contributed by atoms with Crippen LogP contribution in [-0.2, 0) is 13.6 Å². The van der Waals surface area contributed by atoms with Gasteiger partial charge in [-0.15, -0.1) is 0 Å². The van der Waals surface area contributed by atoms with Crippen LogP contribution in [0.2, 0.25) is 0 Å². The van der Waals surface area contributed by atoms with Crippen molar-refractivity contribution in [2.45, 2.75) is 25.4 Å². The summed E-state index contributed by atoms with van der Waals surface area (Å²) >= 11 is 0. The second-order valence-electron chi connectivity index (χ2n) is 6.58. The Kier molecular flexibility index (Phi) is 4.88. The van der Waals surface area contributed by atoms with Crippen LogP contribution >= 0.6 is 0 Å². The highest BCUT2D eigenvalue weighted by atomic mass is 16.1. The quantitative estimate of drug-likeness (QED) is 0.747. The Morgan fingerprint density at radius 1 is 1.26 bits per heavy atom. The Morgan fingerprint density at radius 3 is 2.96 bits per heavy atom. The van der Waals surface area contributed by atoms with Gasteiger partial charge in [0.25, 0.3) is 5.91 Å². The summed E-state index contributed by atoms with van der Waals surface area (Å²) < 4.78 is 2.04. The summed E-state index contributed by atoms with van der Waals surface area (Å²) in [5.41, 5.74) is 1.29. The third-order valence-electron chi connectivity index (χ3n) is 4.78. The smallest absolute Gasteiger partial charge is 0.275 e. The lowest BCUT2D eigenvalue weighted by Crippen LogP contribution is -2.25. The Morgan fingerprint density at radius 2 is 2.19 bits per heavy atom. The number of hydrogen-bond donors (Lipinski definition) is 1. The zero-order valence-electron chi connectivity index (χ0n) is 15.1. The minimum absolute atomic E-state index is 0.186. The van der Waals surface area contributed by atoms with Crippen molar-refractivity contribution in [3.05, 3.63) is 66.4 Å². The molecule has 1 aliphatic heterocycles. The normalized spacial score (nSPS) is 17.1. The van der Waals surface area contributed by atoms with Crippen molar-refractivity contribution in [2.24, 2.45) is 7.05 Å². The standard InChI is InChI=1S/C19H21N7O/c1-25-11-9-22-18(25)13-26-10-3-6-16(26)14-4-2-5-15(23-14)19(27)24-17-12-20-7-8-21-17/h2,4-5,7-9,11-12,16H,3,6,10,13H2,1H3,(H,21,24,27)/t16-/m1/s1. The maximum Gasteiger partial charge on any atom is 0.275 e. The molecule has 8 heteroatoms. The van der Waals surface area contributed by atoms with E-state index in [4.69, 9.17) is 0 Å². The molecule has 0 unspecified atom stereocenters. The number of nitrogens with one attached hydrogen (secondary N) is 1. The van der Waals surface area contributed by atoms with Crippen LogP contribution in [-0.4, -0.2) is 41.9 Å². The van der Waals surface area contributed by atoms with Gasteiger partial charge in [-0.3, -0.25) is 14.7 Å². The predicted molar refractivity (Wildman–Crippen MR) is 99.8 cm³/mol. The van der Waals surface area contributed by atoms with Gasteiger partial charge >= 0.3 is 0 Å². The number of carbonyl (C=O) groups excluding carboxylic acids is 1. The number of hydrogen-bond acceptors (Lipinski definition) is 6. The van der Waals surface area contributed by atoms with Crippen LogP contribution in [0.15, 0.2) is 49.2 Å². The third-order valence-corrected chi connectivity index (χ3v) is 4.78. The van der Waals surface area contributed by atoms with Gasteiger partial charge in [0.2, 0.25) is 0 Å². The van der Waals surface area contributed by atoms with Crippen molar-refractivity contribution in [1.82, 2.24) is 29.4 Å². The first-order valence-electron chi connectivity index (χ1n) is 8.95. The Hall–Kier alpha value is -3.13. The van der Waals surface area contributed by atoms with Gasteiger partial charge in [0.05, 0.1) is 24.5 Å². The maximum absolute atomic E-state index is 12.5. The summed E-state index contributed by atoms with van der Waals surface area (Å²) in [7, 11) is 2.00. The van der Waals surface area contributed by atoms with E-state index in [0.717, 1.165) is 37.4 Å². The molecule has 3 aromatic rings. The van der Waals surface area contributed by atoms with Gasteiger partial charge in [-0.1, -0.05) is 6.07 Å². The van der Waals surface area contributed by atoms with Gasteiger partial charge in [0, 0.05) is 31.8 Å². The molecule has 8 nitrogen and oxygen atoms in total. The molecule has 1 saturated heterocycles. The summed E-state index contributed by atoms with van der Waals surface area (Å²) in [6, 6.07) is 5.77. The molecule has 4 heterocycles. The van der Waals surface area contributed by atoms with Crippen LogP contribution in [0.25, 0.3) is 0 Å². The van der Waals surface area contributed by atoms with Gasteiger partial charge in [-0.2, -0.15) is 0 Å². The lowest BCUT2D eigenvalue weighted by molar-refractivity contribution is 0.102. The van der Waals surface area contributed by atoms with Crippen molar-refractivity contribution >= 4 is 11.7 Å². The number of pyridine rings is 1. The molecule has 0 spiro atoms. The van der Waals surface area contributed by atoms with E-state index in [-0.39, 0.29) is 11.9 Å². The summed E-state index contributed by atoms with van der Waals surface area (Å²) in [6.07, 6.45) is 10.5. The molecule has 1 aliphatic rings. The van der Waals surface area contributed by atoms with Crippen LogP contribution in [0, 0.1) is 0 Å². The molecule has 0 bridgehead atoms. The zero-order chi connectivity index (χ0) is 18.6. The van der Waals surface area contributed by atoms with Crippen LogP contribution in [0.4, 0.5) is 5.82 Å². The average Bonchev–Trinajstić information content (AvgIpc) is 3.32. The maximum atomic E-state index is 12.5. The molecule has 0 radical (unpaired) electrons. The molecule has 1 atom stereocenters. The fourth-order valence-corrected chi connectivity index (χ4v) is 3.39. The zero-order valence-corrected chi connectivity index (χ0v) is 15.1. The first-order chi connectivity index (χ1) is 13.2. The summed E-state index contributed by atoms with van der Waals surface area (Å²) in [6.45, 7) is 1.76. The Labute approximate surface area is 157 Å². The molecular weight excluding hydrogens is 342 g/mol. The Balaban J connectivity index is 1.51. The number of aromatic nitrogens is 5. The van der Waals surface area contributed by atoms with E-state index in [9.17, 15) is 4.79 Å². The van der Waals surface area contributed by atoms with Crippen molar-refractivity contribution in [3.63, 3.8) is 0 Å². The number of nitrogens with zero attached hydrogens (tertiary/aromatic N) is 6. The fraction of sp³-hybridized carbons (Fsp3) is 0.316. The summed E-state index contributed by atoms with van der Waals surface area (Å²) in [5.74, 6) is 1.15. The van der Waals surface area contributed by atoms with Crippen molar-refractivity contribution in [1.29, 1.82) is 0 Å². The van der Waals surface area contributed by atoms with Gasteiger partial charge in [-0.25, -0.2) is 15.0 Å². The van der Waals surface area contributed by atoms with Crippen molar-refractivity contribution in [3.8, 4) is 0 Å². The van der Waals surface area contributed by atoms with Gasteiger partial charge < -0.3 is 9.88 Å². The molecule has 1 fully saturated rings. The first-order valence-corrected chi connectivity index (χ1v) is 8.95. The highest BCUT2D eigenvalue weighted by Crippen LogP contribution is 2.32. The van der Waals surface area contributed by atoms with Gasteiger partial charge in [0.15, 0.2) is 5.82 Å². The van der Waals surface area contributed by atoms with Crippen molar-refractivity contribution in [2.75, 3.05) is 11.9 Å². The molecule has 0 aromatic carbocycles. The highest BCUT2D eigenvalue weighted by molar-refractivity contribution is 6.02. The molecular formula is C19H21N7O. The van der Waals surface area contributed by atoms with Crippen LogP contribution < -0.4 is 5.32 Å². The number of carbonyl (C=O) groups is 1. The molecule has 27 heavy (non-hydrogen) atoms. The number of likely N-dealkylation sites (tertiary alicyclic amines) is 1. The lowest BCUT2D eigenvalue weighted by Gasteiger charge is -2.24. The van der Waals surface area contributed by atoms with Crippen LogP contribution in [0.5, 0.6) is 0 Å². The number of imidazole rings is 1. The second kappa shape index (κ2) is 7.63. The van der Waals surface area contributed by atoms with E-state index in [1.54, 1.807) is 12.3 Å². The Bertz CT molecular complexity index is 925. The number of aryl methyl sites for hydroxylation is 1. The van der Waals surface area contributed by atoms with E-state index in [2.05, 4.69) is 30.2 Å². The number of anilines is 1. The second-order valence-corrected chi connectivity index (χ2v) is 6.58. The fourth-order valence-electron chi connectivity index (χ4n) is 3.39. The minimum Gasteiger partial charge on any atom is -0.337 e. The third kappa shape index (κ3) is 3.85. The molecule has 1 amide bonds. The van der Waals surface area contributed by atoms with Crippen LogP contribution in [0.3, 0.4) is 0 Å². The molecule has 4 rings (SSSR count). The molecule has 3 aromatic heterocycles. The van der Waals surface area contributed by atoms with E-state index in [1.807, 2.05) is 36.1 Å². The largest absolute Gasteiger partial charge is 0.337 e. The lowest BCUT2D eigenvalue weighted by atomic mass is 10.1. The minimum atomic E-state index is -0.286. The monoisotopic (exact) mass is 363 g/mol. The van der Waals surface area contributed by atoms with Crippen LogP contribution in [0.1, 0.15) is 40.9 Å². The van der Waals surface area contributed by atoms with Gasteiger partial charge in [0.1, 0.15) is 11.5 Å². The van der Waals surface area contributed by atoms with E-state index >= 15 is 0 Å². The van der Waals surface area contributed by atoms with E-state index in [1.165, 1.54) is 12.4 Å². The molecule has 138 valence electrons. The first kappa shape index (κ1) is 17.3. The molecule has 0 aliphatic carbocycles. The average molecular weight is 363 g/mol. The molecule has 1 N–H and O–H groups in total. The highest BCUT2D eigenvalue weighted by Gasteiger charge is 2.28. The van der Waals surface area contributed by atoms with Gasteiger partial charge in [-0.05, 0) is 31.5 Å². The predicted octanol–water partition coefficient (Wildman–Crippen LogP) is 2.19. The van der Waals surface area contributed by atoms with E-state index < -0.39 is 0 Å². The number of amides is 1.